The second-order valence-electron chi connectivity index (χ2n) is 2.37. The minimum Gasteiger partial charge on any atom is -0.478 e. The summed E-state index contributed by atoms with van der Waals surface area (Å²) in [7, 11) is 0. The van der Waals surface area contributed by atoms with Crippen LogP contribution in [-0.2, 0) is 14.3 Å². The Bertz CT molecular complexity index is 242. The molecule has 0 aliphatic heterocycles. The number of hydrogen-bond acceptors (Lipinski definition) is 4. The first kappa shape index (κ1) is 15.8. The van der Waals surface area contributed by atoms with Crippen LogP contribution in [-0.4, -0.2) is 35.4 Å². The summed E-state index contributed by atoms with van der Waals surface area (Å²) < 4.78 is 4.33. The van der Waals surface area contributed by atoms with E-state index >= 15 is 0 Å². The molecule has 0 rings (SSSR count). The van der Waals surface area contributed by atoms with Gasteiger partial charge in [0.25, 0.3) is 0 Å². The van der Waals surface area contributed by atoms with E-state index in [9.17, 15) is 9.59 Å². The molecule has 5 nitrogen and oxygen atoms in total. The molecule has 0 heterocycles. The van der Waals surface area contributed by atoms with Crippen molar-refractivity contribution >= 4 is 11.9 Å². The van der Waals surface area contributed by atoms with Crippen molar-refractivity contribution in [2.24, 2.45) is 0 Å². The van der Waals surface area contributed by atoms with E-state index in [0.29, 0.717) is 5.57 Å². The maximum atomic E-state index is 10.1. The minimum atomic E-state index is -0.845. The summed E-state index contributed by atoms with van der Waals surface area (Å²) in [6.45, 7) is 6.32. The standard InChI is InChI=1S/C5H8O3.C5H8O2/c1-2-5(7)8-4-3-6;1-3-4(2)5(6)7/h2,6H,1,3-4H2;3H,1-2H3,(H,6,7). The van der Waals surface area contributed by atoms with Crippen molar-refractivity contribution in [1.29, 1.82) is 0 Å². The molecule has 0 aromatic carbocycles. The van der Waals surface area contributed by atoms with Gasteiger partial charge >= 0.3 is 11.9 Å². The summed E-state index contributed by atoms with van der Waals surface area (Å²) in [5.74, 6) is -1.35. The van der Waals surface area contributed by atoms with Gasteiger partial charge in [0.05, 0.1) is 6.61 Å². The zero-order valence-electron chi connectivity index (χ0n) is 8.90. The van der Waals surface area contributed by atoms with Crippen LogP contribution in [0.25, 0.3) is 0 Å². The first-order valence-corrected chi connectivity index (χ1v) is 4.25. The lowest BCUT2D eigenvalue weighted by Crippen LogP contribution is -2.04. The molecule has 0 radical (unpaired) electrons. The van der Waals surface area contributed by atoms with Crippen molar-refractivity contribution < 1.29 is 24.5 Å². The highest BCUT2D eigenvalue weighted by Crippen LogP contribution is 1.87. The average molecular weight is 216 g/mol. The van der Waals surface area contributed by atoms with Crippen LogP contribution < -0.4 is 0 Å². The van der Waals surface area contributed by atoms with Crippen molar-refractivity contribution in [2.45, 2.75) is 13.8 Å². The zero-order chi connectivity index (χ0) is 12.3. The quantitative estimate of drug-likeness (QED) is 0.535. The number of allylic oxidation sites excluding steroid dienone is 1. The van der Waals surface area contributed by atoms with Crippen LogP contribution in [0, 0.1) is 0 Å². The number of esters is 1. The van der Waals surface area contributed by atoms with Crippen molar-refractivity contribution in [3.63, 3.8) is 0 Å². The van der Waals surface area contributed by atoms with Crippen LogP contribution in [0.5, 0.6) is 0 Å². The lowest BCUT2D eigenvalue weighted by atomic mass is 10.3. The first-order chi connectivity index (χ1) is 6.99. The van der Waals surface area contributed by atoms with Gasteiger partial charge in [-0.3, -0.25) is 0 Å². The van der Waals surface area contributed by atoms with Crippen LogP contribution in [0.2, 0.25) is 0 Å². The normalized spacial score (nSPS) is 9.67. The van der Waals surface area contributed by atoms with Crippen molar-refractivity contribution in [3.05, 3.63) is 24.3 Å². The second-order valence-corrected chi connectivity index (χ2v) is 2.37. The highest BCUT2D eigenvalue weighted by molar-refractivity contribution is 5.85. The molecule has 2 N–H and O–H groups in total. The van der Waals surface area contributed by atoms with Crippen LogP contribution in [0.4, 0.5) is 0 Å². The number of rotatable bonds is 4. The highest BCUT2D eigenvalue weighted by Gasteiger charge is 1.93. The fourth-order valence-electron chi connectivity index (χ4n) is 0.329. The van der Waals surface area contributed by atoms with Gasteiger partial charge in [0, 0.05) is 11.6 Å². The summed E-state index contributed by atoms with van der Waals surface area (Å²) in [5, 5.41) is 16.2. The lowest BCUT2D eigenvalue weighted by molar-refractivity contribution is -0.138. The van der Waals surface area contributed by atoms with Gasteiger partial charge in [-0.05, 0) is 13.8 Å². The topological polar surface area (TPSA) is 83.8 Å². The van der Waals surface area contributed by atoms with Gasteiger partial charge in [-0.2, -0.15) is 0 Å². The van der Waals surface area contributed by atoms with E-state index in [1.807, 2.05) is 0 Å². The predicted octanol–water partition coefficient (Wildman–Crippen LogP) is 0.745. The maximum absolute atomic E-state index is 10.1. The summed E-state index contributed by atoms with van der Waals surface area (Å²) in [6.07, 6.45) is 2.61. The van der Waals surface area contributed by atoms with E-state index in [0.717, 1.165) is 6.08 Å². The lowest BCUT2D eigenvalue weighted by Gasteiger charge is -1.94. The molecular weight excluding hydrogens is 200 g/mol. The third-order valence-corrected chi connectivity index (χ3v) is 1.27. The minimum absolute atomic E-state index is 0.0465. The molecule has 0 fully saturated rings. The third kappa shape index (κ3) is 12.4. The van der Waals surface area contributed by atoms with Gasteiger partial charge in [0.2, 0.25) is 0 Å². The summed E-state index contributed by atoms with van der Waals surface area (Å²) in [6, 6.07) is 0. The fourth-order valence-corrected chi connectivity index (χ4v) is 0.329. The predicted molar refractivity (Wildman–Crippen MR) is 55.3 cm³/mol. The van der Waals surface area contributed by atoms with Crippen molar-refractivity contribution in [1.82, 2.24) is 0 Å². The molecule has 5 heteroatoms. The van der Waals surface area contributed by atoms with E-state index in [2.05, 4.69) is 11.3 Å². The molecule has 86 valence electrons. The summed E-state index contributed by atoms with van der Waals surface area (Å²) in [4.78, 5) is 20.0. The van der Waals surface area contributed by atoms with E-state index in [1.165, 1.54) is 0 Å². The number of aliphatic hydroxyl groups excluding tert-OH is 1. The number of carbonyl (C=O) groups excluding carboxylic acids is 1. The Labute approximate surface area is 88.7 Å². The van der Waals surface area contributed by atoms with E-state index in [1.54, 1.807) is 19.9 Å². The van der Waals surface area contributed by atoms with E-state index in [4.69, 9.17) is 10.2 Å². The molecule has 0 saturated heterocycles. The number of carboxylic acids is 1. The van der Waals surface area contributed by atoms with Gasteiger partial charge in [-0.15, -0.1) is 0 Å². The van der Waals surface area contributed by atoms with Crippen LogP contribution in [0.15, 0.2) is 24.3 Å². The monoisotopic (exact) mass is 216 g/mol. The molecule has 0 bridgehead atoms. The smallest absolute Gasteiger partial charge is 0.330 e. The molecule has 0 aromatic rings. The molecule has 0 amide bonds. The van der Waals surface area contributed by atoms with Gasteiger partial charge in [-0.25, -0.2) is 9.59 Å². The van der Waals surface area contributed by atoms with Gasteiger partial charge in [0.1, 0.15) is 6.61 Å². The summed E-state index contributed by atoms with van der Waals surface area (Å²) in [5.41, 5.74) is 0.389. The molecule has 0 spiro atoms. The van der Waals surface area contributed by atoms with Gasteiger partial charge < -0.3 is 14.9 Å². The Hall–Kier alpha value is -1.62. The molecule has 0 unspecified atom stereocenters. The first-order valence-electron chi connectivity index (χ1n) is 4.25. The molecular formula is C10H16O5. The SMILES string of the molecule is C=CC(=O)OCCO.CC=C(C)C(=O)O. The van der Waals surface area contributed by atoms with Crippen LogP contribution >= 0.6 is 0 Å². The van der Waals surface area contributed by atoms with E-state index in [-0.39, 0.29) is 13.2 Å². The van der Waals surface area contributed by atoms with E-state index < -0.39 is 11.9 Å². The number of aliphatic hydroxyl groups is 1. The molecule has 0 aliphatic rings. The largest absolute Gasteiger partial charge is 0.478 e. The van der Waals surface area contributed by atoms with Crippen LogP contribution in [0.1, 0.15) is 13.8 Å². The van der Waals surface area contributed by atoms with Gasteiger partial charge in [0.15, 0.2) is 0 Å². The number of ether oxygens (including phenoxy) is 1. The van der Waals surface area contributed by atoms with Crippen molar-refractivity contribution in [3.8, 4) is 0 Å². The Morgan fingerprint density at radius 2 is 2.00 bits per heavy atom. The van der Waals surface area contributed by atoms with Crippen LogP contribution in [0.3, 0.4) is 0 Å². The number of carbonyl (C=O) groups is 2. The summed E-state index contributed by atoms with van der Waals surface area (Å²) >= 11 is 0. The zero-order valence-corrected chi connectivity index (χ0v) is 8.90. The Morgan fingerprint density at radius 1 is 1.47 bits per heavy atom. The number of carboxylic acid groups (broad SMARTS) is 1. The molecule has 0 atom stereocenters. The maximum Gasteiger partial charge on any atom is 0.330 e. The Morgan fingerprint density at radius 3 is 2.20 bits per heavy atom. The third-order valence-electron chi connectivity index (χ3n) is 1.27. The molecule has 0 saturated carbocycles. The number of aliphatic carboxylic acids is 1. The average Bonchev–Trinajstić information content (AvgIpc) is 2.25. The Balaban J connectivity index is 0. The second kappa shape index (κ2) is 10.5. The van der Waals surface area contributed by atoms with Crippen molar-refractivity contribution in [2.75, 3.05) is 13.2 Å². The fraction of sp³-hybridized carbons (Fsp3) is 0.400. The molecule has 15 heavy (non-hydrogen) atoms. The van der Waals surface area contributed by atoms with Gasteiger partial charge in [-0.1, -0.05) is 12.7 Å². The molecule has 0 aliphatic carbocycles. The highest BCUT2D eigenvalue weighted by atomic mass is 16.5. The molecule has 0 aromatic heterocycles. The Kier molecular flexibility index (Phi) is 11.0. The number of hydrogen-bond donors (Lipinski definition) is 2.